The minimum absolute atomic E-state index is 0.0156. The summed E-state index contributed by atoms with van der Waals surface area (Å²) in [6.45, 7) is 0.765. The van der Waals surface area contributed by atoms with Crippen molar-refractivity contribution in [3.05, 3.63) is 22.4 Å². The topological polar surface area (TPSA) is 49.3 Å². The Balaban J connectivity index is 1.68. The Morgan fingerprint density at radius 2 is 2.29 bits per heavy atom. The van der Waals surface area contributed by atoms with Crippen molar-refractivity contribution in [1.29, 1.82) is 0 Å². The number of nitrogens with one attached hydrogen (secondary N) is 1. The second-order valence-corrected chi connectivity index (χ2v) is 6.63. The van der Waals surface area contributed by atoms with E-state index >= 15 is 0 Å². The first-order valence-corrected chi connectivity index (χ1v) is 7.28. The zero-order chi connectivity index (χ0) is 11.9. The number of carbonyl (C=O) groups is 1. The molecule has 1 saturated carbocycles. The quantitative estimate of drug-likeness (QED) is 0.894. The number of aliphatic hydroxyl groups excluding tert-OH is 1. The molecule has 0 saturated heterocycles. The molecule has 2 heterocycles. The molecule has 1 fully saturated rings. The highest BCUT2D eigenvalue weighted by atomic mass is 32.1. The number of hydrogen-bond acceptors (Lipinski definition) is 4. The van der Waals surface area contributed by atoms with Crippen molar-refractivity contribution < 1.29 is 9.90 Å². The van der Waals surface area contributed by atoms with Crippen LogP contribution in [0, 0.1) is 5.41 Å². The Morgan fingerprint density at radius 3 is 2.94 bits per heavy atom. The molecule has 0 aromatic carbocycles. The minimum Gasteiger partial charge on any atom is -0.396 e. The van der Waals surface area contributed by atoms with Gasteiger partial charge in [0.2, 0.25) is 0 Å². The van der Waals surface area contributed by atoms with E-state index < -0.39 is 0 Å². The Kier molecular flexibility index (Phi) is 2.69. The van der Waals surface area contributed by atoms with Crippen LogP contribution in [0.1, 0.15) is 22.5 Å². The predicted octanol–water partition coefficient (Wildman–Crippen LogP) is 2.47. The van der Waals surface area contributed by atoms with Crippen LogP contribution in [0.2, 0.25) is 0 Å². The second kappa shape index (κ2) is 4.08. The van der Waals surface area contributed by atoms with E-state index in [1.807, 2.05) is 17.5 Å². The lowest BCUT2D eigenvalue weighted by Gasteiger charge is -2.11. The van der Waals surface area contributed by atoms with Crippen LogP contribution in [-0.2, 0) is 0 Å². The van der Waals surface area contributed by atoms with Gasteiger partial charge >= 0.3 is 0 Å². The van der Waals surface area contributed by atoms with E-state index in [2.05, 4.69) is 5.32 Å². The molecular weight excluding hydrogens is 254 g/mol. The van der Waals surface area contributed by atoms with Crippen molar-refractivity contribution in [2.75, 3.05) is 13.2 Å². The van der Waals surface area contributed by atoms with E-state index in [0.29, 0.717) is 6.54 Å². The molecule has 1 aliphatic carbocycles. The van der Waals surface area contributed by atoms with Crippen molar-refractivity contribution in [3.8, 4) is 0 Å². The molecule has 2 aromatic heterocycles. The van der Waals surface area contributed by atoms with E-state index in [9.17, 15) is 9.90 Å². The number of aliphatic hydroxyl groups is 1. The summed E-state index contributed by atoms with van der Waals surface area (Å²) >= 11 is 3.18. The van der Waals surface area contributed by atoms with Crippen LogP contribution in [0.25, 0.3) is 9.40 Å². The summed E-state index contributed by atoms with van der Waals surface area (Å²) in [5, 5.41) is 14.1. The SMILES string of the molecule is O=C(NCC1(CO)CC1)c1cc2sccc2s1. The summed E-state index contributed by atoms with van der Waals surface area (Å²) in [5.41, 5.74) is -0.0235. The van der Waals surface area contributed by atoms with Gasteiger partial charge in [-0.3, -0.25) is 4.79 Å². The van der Waals surface area contributed by atoms with Crippen LogP contribution >= 0.6 is 22.7 Å². The molecule has 1 amide bonds. The second-order valence-electron chi connectivity index (χ2n) is 4.60. The van der Waals surface area contributed by atoms with Gasteiger partial charge in [-0.2, -0.15) is 0 Å². The molecule has 0 bridgehead atoms. The molecule has 2 aromatic rings. The van der Waals surface area contributed by atoms with Gasteiger partial charge in [0.1, 0.15) is 0 Å². The molecule has 0 radical (unpaired) electrons. The third-order valence-corrected chi connectivity index (χ3v) is 5.37. The number of carbonyl (C=O) groups excluding carboxylic acids is 1. The van der Waals surface area contributed by atoms with Crippen molar-refractivity contribution in [2.24, 2.45) is 5.41 Å². The van der Waals surface area contributed by atoms with Gasteiger partial charge in [-0.15, -0.1) is 22.7 Å². The highest BCUT2D eigenvalue weighted by molar-refractivity contribution is 7.27. The summed E-state index contributed by atoms with van der Waals surface area (Å²) in [6.07, 6.45) is 2.03. The monoisotopic (exact) mass is 267 g/mol. The molecule has 0 unspecified atom stereocenters. The fourth-order valence-corrected chi connectivity index (χ4v) is 3.83. The third-order valence-electron chi connectivity index (χ3n) is 3.28. The molecule has 3 rings (SSSR count). The molecule has 5 heteroatoms. The molecule has 0 aliphatic heterocycles. The van der Waals surface area contributed by atoms with E-state index in [1.165, 1.54) is 20.7 Å². The lowest BCUT2D eigenvalue weighted by molar-refractivity contribution is 0.0939. The average Bonchev–Trinajstić information content (AvgIpc) is 2.78. The first kappa shape index (κ1) is 11.2. The van der Waals surface area contributed by atoms with E-state index in [-0.39, 0.29) is 17.9 Å². The average molecular weight is 267 g/mol. The molecule has 2 N–H and O–H groups in total. The van der Waals surface area contributed by atoms with Crippen molar-refractivity contribution in [1.82, 2.24) is 5.32 Å². The van der Waals surface area contributed by atoms with Gasteiger partial charge in [-0.1, -0.05) is 0 Å². The first-order valence-electron chi connectivity index (χ1n) is 5.59. The maximum Gasteiger partial charge on any atom is 0.261 e. The molecule has 90 valence electrons. The lowest BCUT2D eigenvalue weighted by Crippen LogP contribution is -2.31. The molecule has 0 atom stereocenters. The summed E-state index contributed by atoms with van der Waals surface area (Å²) in [4.78, 5) is 12.7. The smallest absolute Gasteiger partial charge is 0.261 e. The zero-order valence-electron chi connectivity index (χ0n) is 9.23. The fraction of sp³-hybridized carbons (Fsp3) is 0.417. The number of rotatable bonds is 4. The van der Waals surface area contributed by atoms with E-state index in [1.54, 1.807) is 11.3 Å². The third kappa shape index (κ3) is 2.10. The Hall–Kier alpha value is -0.910. The predicted molar refractivity (Wildman–Crippen MR) is 70.8 cm³/mol. The van der Waals surface area contributed by atoms with Crippen LogP contribution in [0.4, 0.5) is 0 Å². The Morgan fingerprint density at radius 1 is 1.47 bits per heavy atom. The van der Waals surface area contributed by atoms with Gasteiger partial charge < -0.3 is 10.4 Å². The van der Waals surface area contributed by atoms with Gasteiger partial charge in [0.05, 0.1) is 11.5 Å². The minimum atomic E-state index is -0.0235. The number of thiophene rings is 2. The molecule has 1 aliphatic rings. The summed E-state index contributed by atoms with van der Waals surface area (Å²) < 4.78 is 2.34. The van der Waals surface area contributed by atoms with Crippen LogP contribution in [0.3, 0.4) is 0 Å². The van der Waals surface area contributed by atoms with E-state index in [0.717, 1.165) is 17.7 Å². The van der Waals surface area contributed by atoms with Crippen LogP contribution in [0.5, 0.6) is 0 Å². The maximum atomic E-state index is 11.9. The summed E-state index contributed by atoms with van der Waals surface area (Å²) in [6, 6.07) is 3.98. The highest BCUT2D eigenvalue weighted by Gasteiger charge is 2.42. The van der Waals surface area contributed by atoms with Gasteiger partial charge in [0, 0.05) is 21.4 Å². The standard InChI is InChI=1S/C12H13NO2S2/c14-7-12(2-3-12)6-13-11(15)10-5-9-8(17-10)1-4-16-9/h1,4-5,14H,2-3,6-7H2,(H,13,15). The summed E-state index contributed by atoms with van der Waals surface area (Å²) in [5.74, 6) is -0.0156. The normalized spacial score (nSPS) is 17.2. The van der Waals surface area contributed by atoms with Crippen molar-refractivity contribution >= 4 is 38.0 Å². The van der Waals surface area contributed by atoms with Crippen molar-refractivity contribution in [3.63, 3.8) is 0 Å². The van der Waals surface area contributed by atoms with E-state index in [4.69, 9.17) is 0 Å². The largest absolute Gasteiger partial charge is 0.396 e. The molecular formula is C12H13NO2S2. The fourth-order valence-electron chi connectivity index (χ4n) is 1.80. The Bertz CT molecular complexity index is 525. The zero-order valence-corrected chi connectivity index (χ0v) is 10.9. The number of hydrogen-bond donors (Lipinski definition) is 2. The van der Waals surface area contributed by atoms with Gasteiger partial charge in [0.15, 0.2) is 0 Å². The molecule has 3 nitrogen and oxygen atoms in total. The van der Waals surface area contributed by atoms with Gasteiger partial charge in [0.25, 0.3) is 5.91 Å². The van der Waals surface area contributed by atoms with Crippen LogP contribution in [0.15, 0.2) is 17.5 Å². The lowest BCUT2D eigenvalue weighted by atomic mass is 10.1. The first-order chi connectivity index (χ1) is 8.22. The van der Waals surface area contributed by atoms with Gasteiger partial charge in [-0.05, 0) is 30.4 Å². The number of amides is 1. The van der Waals surface area contributed by atoms with Crippen molar-refractivity contribution in [2.45, 2.75) is 12.8 Å². The maximum absolute atomic E-state index is 11.9. The molecule has 0 spiro atoms. The molecule has 17 heavy (non-hydrogen) atoms. The van der Waals surface area contributed by atoms with Crippen LogP contribution < -0.4 is 5.32 Å². The van der Waals surface area contributed by atoms with Crippen LogP contribution in [-0.4, -0.2) is 24.2 Å². The summed E-state index contributed by atoms with van der Waals surface area (Å²) in [7, 11) is 0. The Labute approximate surface area is 107 Å². The number of fused-ring (bicyclic) bond motifs is 1. The highest BCUT2D eigenvalue weighted by Crippen LogP contribution is 2.44. The van der Waals surface area contributed by atoms with Gasteiger partial charge in [-0.25, -0.2) is 0 Å².